The van der Waals surface area contributed by atoms with Gasteiger partial charge in [-0.2, -0.15) is 5.26 Å². The Morgan fingerprint density at radius 3 is 1.09 bits per heavy atom. The first kappa shape index (κ1) is 92.8. The highest BCUT2D eigenvalue weighted by atomic mass is 31.2. The largest absolute Gasteiger partial charge is 0.412 e. The number of nitriles is 1. The molecule has 0 radical (unpaired) electrons. The quantitative estimate of drug-likeness (QED) is 0.0118. The number of rotatable bonds is 39. The predicted molar refractivity (Wildman–Crippen MR) is 448 cm³/mol. The van der Waals surface area contributed by atoms with Crippen LogP contribution in [0, 0.1) is 11.3 Å². The average molecular weight is 1630 g/mol. The molecule has 6 aromatic heterocycles. The van der Waals surface area contributed by atoms with E-state index in [1.165, 1.54) is 25.3 Å². The lowest BCUT2D eigenvalue weighted by Gasteiger charge is -2.41. The number of amides is 3. The van der Waals surface area contributed by atoms with Crippen LogP contribution in [0.3, 0.4) is 0 Å². The Bertz CT molecular complexity index is 4500. The molecule has 0 saturated heterocycles. The number of nitrogens with zero attached hydrogens (tertiary/aromatic N) is 14. The summed E-state index contributed by atoms with van der Waals surface area (Å²) in [5, 5.41) is 47.5. The van der Waals surface area contributed by atoms with Gasteiger partial charge in [-0.1, -0.05) is 138 Å². The van der Waals surface area contributed by atoms with Gasteiger partial charge in [-0.3, -0.25) is 28.1 Å². The van der Waals surface area contributed by atoms with Crippen LogP contribution in [-0.4, -0.2) is 188 Å². The van der Waals surface area contributed by atoms with Crippen molar-refractivity contribution in [3.05, 3.63) is 146 Å². The Hall–Kier alpha value is -8.37. The molecule has 6 heterocycles. The molecule has 0 bridgehead atoms. The minimum absolute atomic E-state index is 0.0188. The number of aliphatic hydroxyl groups excluding tert-OH is 3. The fourth-order valence-electron chi connectivity index (χ4n) is 11.6. The molecule has 9 aromatic rings. The van der Waals surface area contributed by atoms with Gasteiger partial charge in [0.15, 0.2) is 86.3 Å². The van der Waals surface area contributed by atoms with E-state index in [2.05, 4.69) is 181 Å². The van der Waals surface area contributed by atoms with Crippen LogP contribution < -0.4 is 16.0 Å². The molecule has 33 heteroatoms. The van der Waals surface area contributed by atoms with E-state index in [-0.39, 0.29) is 98.4 Å². The molecule has 0 aliphatic heterocycles. The van der Waals surface area contributed by atoms with E-state index in [4.69, 9.17) is 37.4 Å². The first-order chi connectivity index (χ1) is 54.1. The summed E-state index contributed by atoms with van der Waals surface area (Å²) in [5.74, 6) is 0.00384. The van der Waals surface area contributed by atoms with Crippen molar-refractivity contribution in [1.82, 2.24) is 63.2 Å². The molecule has 0 aliphatic carbocycles. The van der Waals surface area contributed by atoms with Crippen molar-refractivity contribution in [2.24, 2.45) is 0 Å². The molecule has 6 N–H and O–H groups in total. The maximum atomic E-state index is 13.0. The third-order valence-corrected chi connectivity index (χ3v) is 32.5. The van der Waals surface area contributed by atoms with Gasteiger partial charge in [0.2, 0.25) is 0 Å². The maximum Gasteiger partial charge on any atom is 0.259 e. The van der Waals surface area contributed by atoms with Gasteiger partial charge < -0.3 is 63.4 Å². The second kappa shape index (κ2) is 42.0. The average Bonchev–Trinajstić information content (AvgIpc) is 1.65. The molecular formula is C81H120N17O13PSi2. The third kappa shape index (κ3) is 23.7. The van der Waals surface area contributed by atoms with E-state index in [1.54, 1.807) is 82.5 Å². The number of anilines is 3. The minimum atomic E-state index is -2.19. The molecule has 0 spiro atoms. The number of hydrogen-bond acceptors (Lipinski definition) is 24. The molecule has 114 heavy (non-hydrogen) atoms. The SMILES string of the molecule is CCC(CC)(CO)O[C@H](CO)n1cnc2c(NC(=O)c3ccccc3)ncnc21.CCC(CC)(CO)O[C@H](CO[Si](C)(C)C(C)(C)C)n1cnc2c(NC(=O)c3ccccc3)ncnc21.CCC(CC)(COP(OCCC#N)N(C(C)C)C(C)C)O[C@H](CO[Si](C)(C)C(C)(C)C)n1cnc2c(NC(=O)c3ccccc3)ncnc21. The zero-order valence-corrected chi connectivity index (χ0v) is 72.9. The summed E-state index contributed by atoms with van der Waals surface area (Å²) >= 11 is 0. The first-order valence-electron chi connectivity index (χ1n) is 39.1. The van der Waals surface area contributed by atoms with Crippen molar-refractivity contribution in [1.29, 1.82) is 5.26 Å². The summed E-state index contributed by atoms with van der Waals surface area (Å²) in [6.45, 7) is 42.9. The second-order valence-corrected chi connectivity index (χ2v) is 42.5. The lowest BCUT2D eigenvalue weighted by molar-refractivity contribution is -0.163. The lowest BCUT2D eigenvalue weighted by atomic mass is 9.98. The summed E-state index contributed by atoms with van der Waals surface area (Å²) in [4.78, 5) is 77.7. The van der Waals surface area contributed by atoms with Gasteiger partial charge in [-0.25, -0.2) is 49.5 Å². The normalized spacial score (nSPS) is 13.6. The van der Waals surface area contributed by atoms with Crippen LogP contribution in [0.25, 0.3) is 33.5 Å². The molecule has 0 aliphatic rings. The lowest BCUT2D eigenvalue weighted by Crippen LogP contribution is -2.45. The summed E-state index contributed by atoms with van der Waals surface area (Å²) in [7, 11) is -5.75. The molecule has 0 fully saturated rings. The van der Waals surface area contributed by atoms with Crippen LogP contribution in [0.4, 0.5) is 17.5 Å². The van der Waals surface area contributed by atoms with Crippen LogP contribution in [0.1, 0.15) is 205 Å². The van der Waals surface area contributed by atoms with Crippen LogP contribution in [-0.2, 0) is 32.1 Å². The maximum absolute atomic E-state index is 13.0. The Morgan fingerprint density at radius 1 is 0.482 bits per heavy atom. The van der Waals surface area contributed by atoms with Gasteiger partial charge in [-0.15, -0.1) is 0 Å². The summed E-state index contributed by atoms with van der Waals surface area (Å²) in [6.07, 6.45) is 10.9. The van der Waals surface area contributed by atoms with Crippen molar-refractivity contribution in [2.75, 3.05) is 62.2 Å². The Kier molecular flexibility index (Phi) is 34.2. The van der Waals surface area contributed by atoms with Crippen molar-refractivity contribution < 1.29 is 61.8 Å². The highest BCUT2D eigenvalue weighted by Crippen LogP contribution is 2.48. The molecular weight excluding hydrogens is 1510 g/mol. The van der Waals surface area contributed by atoms with E-state index in [1.807, 2.05) is 62.6 Å². The Labute approximate surface area is 674 Å². The molecule has 1 unspecified atom stereocenters. The number of ether oxygens (including phenoxy) is 3. The fraction of sp³-hybridized carbons (Fsp3) is 0.543. The predicted octanol–water partition coefficient (Wildman–Crippen LogP) is 15.8. The summed E-state index contributed by atoms with van der Waals surface area (Å²) in [5.41, 5.74) is 2.01. The molecule has 0 saturated carbocycles. The molecule has 30 nitrogen and oxygen atoms in total. The minimum Gasteiger partial charge on any atom is -0.412 e. The zero-order valence-electron chi connectivity index (χ0n) is 70.0. The molecule has 9 rings (SSSR count). The monoisotopic (exact) mass is 1630 g/mol. The van der Waals surface area contributed by atoms with Crippen molar-refractivity contribution in [2.45, 2.75) is 240 Å². The van der Waals surface area contributed by atoms with E-state index < -0.39 is 60.6 Å². The number of nitrogens with one attached hydrogen (secondary N) is 3. The van der Waals surface area contributed by atoms with Gasteiger partial charge in [0.25, 0.3) is 26.2 Å². The van der Waals surface area contributed by atoms with Crippen molar-refractivity contribution >= 4 is 93.8 Å². The van der Waals surface area contributed by atoms with Crippen molar-refractivity contribution in [3.8, 4) is 6.07 Å². The number of aromatic nitrogens is 12. The smallest absolute Gasteiger partial charge is 0.259 e. The van der Waals surface area contributed by atoms with E-state index in [9.17, 15) is 29.7 Å². The zero-order chi connectivity index (χ0) is 83.8. The van der Waals surface area contributed by atoms with Gasteiger partial charge >= 0.3 is 0 Å². The van der Waals surface area contributed by atoms with E-state index >= 15 is 0 Å². The number of carbonyl (C=O) groups excluding carboxylic acids is 3. The number of imidazole rings is 3. The summed E-state index contributed by atoms with van der Waals surface area (Å²) < 4.78 is 53.3. The van der Waals surface area contributed by atoms with Crippen molar-refractivity contribution in [3.63, 3.8) is 0 Å². The first-order valence-corrected chi connectivity index (χ1v) is 46.0. The van der Waals surface area contributed by atoms with E-state index in [0.29, 0.717) is 100 Å². The Morgan fingerprint density at radius 2 is 0.798 bits per heavy atom. The number of carbonyl (C=O) groups is 3. The molecule has 3 aromatic carbocycles. The number of aliphatic hydroxyl groups is 3. The molecule has 620 valence electrons. The highest BCUT2D eigenvalue weighted by molar-refractivity contribution is 7.44. The van der Waals surface area contributed by atoms with Gasteiger partial charge in [0.05, 0.1) is 94.5 Å². The number of hydrogen-bond donors (Lipinski definition) is 6. The molecule has 4 atom stereocenters. The fourth-order valence-corrected chi connectivity index (χ4v) is 15.3. The Balaban J connectivity index is 0.000000245. The van der Waals surface area contributed by atoms with Gasteiger partial charge in [0.1, 0.15) is 19.0 Å². The van der Waals surface area contributed by atoms with Crippen LogP contribution in [0.5, 0.6) is 0 Å². The van der Waals surface area contributed by atoms with E-state index in [0.717, 1.165) is 0 Å². The third-order valence-electron chi connectivity index (χ3n) is 21.5. The second-order valence-electron chi connectivity index (χ2n) is 31.4. The standard InChI is InChI=1S/C35H56N7O5PSi.C26H39N5O4Si.C20H25N5O4/c1-12-35(13-2,23-45-48(44-21-17-20-36)42(26(3)4)27(5)6)47-29(22-46-49(10,11)34(7,8)9)41-25-39-30-31(37-24-38-32(30)41)40-33(43)28-18-15-14-16-19-28;1-8-26(9-2,16-32)35-20(15-34-36(6,7)25(3,4)5)31-18-29-21-22(27-17-28-23(21)31)30-24(33)19-13-11-10-12-14-19;1-3-20(4-2,11-27)29-15(10-26)25-13-23-16-17(21-12-22-18(16)25)24-19(28)14-8-6-5-7-9-14/h14-16,18-19,24-27,29H,12-13,17,21-23H2,1-11H3,(H,37,38,40,43);10-14,17-18,20,32H,8-9,15-16H2,1-7H3,(H,27,28,30,33);5-9,12-13,15,26-27H,3-4,10-11H2,1-2H3,(H,21,22,24,28)/t29-,48?;20-;15-/m111/s1. The highest BCUT2D eigenvalue weighted by Gasteiger charge is 2.43. The number of benzene rings is 3. The molecule has 3 amide bonds. The van der Waals surface area contributed by atoms with Crippen LogP contribution in [0.15, 0.2) is 129 Å². The summed E-state index contributed by atoms with van der Waals surface area (Å²) in [6, 6.07) is 29.2. The van der Waals surface area contributed by atoms with Crippen LogP contribution >= 0.6 is 8.53 Å². The number of fused-ring (bicyclic) bond motifs is 3. The van der Waals surface area contributed by atoms with Gasteiger partial charge in [-0.05, 0) is 139 Å². The van der Waals surface area contributed by atoms with Gasteiger partial charge in [0, 0.05) is 28.8 Å². The van der Waals surface area contributed by atoms with Crippen LogP contribution in [0.2, 0.25) is 36.3 Å². The topological polar surface area (TPSA) is 370 Å².